The van der Waals surface area contributed by atoms with E-state index in [0.717, 1.165) is 23.0 Å². The summed E-state index contributed by atoms with van der Waals surface area (Å²) in [4.78, 5) is 18.8. The number of para-hydroxylation sites is 1. The molecule has 7 heteroatoms. The lowest BCUT2D eigenvalue weighted by Crippen LogP contribution is -2.01. The van der Waals surface area contributed by atoms with Crippen molar-refractivity contribution in [1.82, 2.24) is 9.97 Å². The first-order chi connectivity index (χ1) is 9.54. The van der Waals surface area contributed by atoms with Gasteiger partial charge in [-0.3, -0.25) is 4.79 Å². The van der Waals surface area contributed by atoms with Gasteiger partial charge in [0, 0.05) is 11.8 Å². The fourth-order valence-corrected chi connectivity index (χ4v) is 2.31. The molecule has 0 atom stereocenters. The van der Waals surface area contributed by atoms with E-state index in [-0.39, 0.29) is 10.9 Å². The summed E-state index contributed by atoms with van der Waals surface area (Å²) < 4.78 is 0. The number of aryl methyl sites for hydroxylation is 1. The number of aromatic nitrogens is 2. The Morgan fingerprint density at radius 2 is 2.15 bits per heavy atom. The number of benzene rings is 1. The van der Waals surface area contributed by atoms with Crippen LogP contribution in [0.1, 0.15) is 5.56 Å². The summed E-state index contributed by atoms with van der Waals surface area (Å²) >= 11 is 6.94. The van der Waals surface area contributed by atoms with E-state index in [1.54, 1.807) is 6.07 Å². The lowest BCUT2D eigenvalue weighted by molar-refractivity contribution is -0.133. The Balaban J connectivity index is 2.19. The number of halogens is 1. The molecule has 0 bridgehead atoms. The summed E-state index contributed by atoms with van der Waals surface area (Å²) in [5.41, 5.74) is 1.98. The fraction of sp³-hybridized carbons (Fsp3) is 0.154. The van der Waals surface area contributed by atoms with Gasteiger partial charge in [-0.1, -0.05) is 41.6 Å². The summed E-state index contributed by atoms with van der Waals surface area (Å²) in [6.45, 7) is 1.98. The summed E-state index contributed by atoms with van der Waals surface area (Å²) in [7, 11) is 0. The monoisotopic (exact) mass is 309 g/mol. The van der Waals surface area contributed by atoms with Gasteiger partial charge >= 0.3 is 5.97 Å². The summed E-state index contributed by atoms with van der Waals surface area (Å²) in [6, 6.07) is 9.36. The maximum absolute atomic E-state index is 10.6. The second kappa shape index (κ2) is 6.58. The molecule has 2 rings (SSSR count). The SMILES string of the molecule is Cc1ccccc1Nc1cc(Cl)nc(SCC(=O)O)n1. The smallest absolute Gasteiger partial charge is 0.313 e. The Morgan fingerprint density at radius 1 is 1.40 bits per heavy atom. The van der Waals surface area contributed by atoms with E-state index < -0.39 is 5.97 Å². The summed E-state index contributed by atoms with van der Waals surface area (Å²) in [5, 5.41) is 12.4. The van der Waals surface area contributed by atoms with E-state index in [2.05, 4.69) is 15.3 Å². The quantitative estimate of drug-likeness (QED) is 0.501. The minimum atomic E-state index is -0.924. The molecule has 0 saturated heterocycles. The number of carboxylic acids is 1. The number of carbonyl (C=O) groups is 1. The van der Waals surface area contributed by atoms with Gasteiger partial charge < -0.3 is 10.4 Å². The minimum Gasteiger partial charge on any atom is -0.481 e. The average Bonchev–Trinajstić information content (AvgIpc) is 2.38. The average molecular weight is 310 g/mol. The first-order valence-electron chi connectivity index (χ1n) is 5.76. The van der Waals surface area contributed by atoms with E-state index in [1.807, 2.05) is 31.2 Å². The van der Waals surface area contributed by atoms with Crippen molar-refractivity contribution in [1.29, 1.82) is 0 Å². The molecule has 0 aliphatic rings. The molecule has 5 nitrogen and oxygen atoms in total. The van der Waals surface area contributed by atoms with Gasteiger partial charge in [0.1, 0.15) is 11.0 Å². The molecule has 0 saturated carbocycles. The number of carboxylic acid groups (broad SMARTS) is 1. The van der Waals surface area contributed by atoms with Gasteiger partial charge in [0.05, 0.1) is 5.75 Å². The molecule has 0 aliphatic carbocycles. The molecule has 1 aromatic heterocycles. The normalized spacial score (nSPS) is 10.3. The van der Waals surface area contributed by atoms with Crippen molar-refractivity contribution in [3.8, 4) is 0 Å². The first kappa shape index (κ1) is 14.6. The third kappa shape index (κ3) is 4.11. The lowest BCUT2D eigenvalue weighted by atomic mass is 10.2. The van der Waals surface area contributed by atoms with Gasteiger partial charge in [-0.15, -0.1) is 0 Å². The predicted molar refractivity (Wildman–Crippen MR) is 79.9 cm³/mol. The molecule has 0 spiro atoms. The van der Waals surface area contributed by atoms with Crippen molar-refractivity contribution in [2.24, 2.45) is 0 Å². The van der Waals surface area contributed by atoms with Crippen molar-refractivity contribution in [2.75, 3.05) is 11.1 Å². The molecule has 20 heavy (non-hydrogen) atoms. The second-order valence-electron chi connectivity index (χ2n) is 3.98. The molecule has 1 aromatic carbocycles. The maximum atomic E-state index is 10.6. The highest BCUT2D eigenvalue weighted by atomic mass is 35.5. The van der Waals surface area contributed by atoms with Crippen molar-refractivity contribution in [3.63, 3.8) is 0 Å². The van der Waals surface area contributed by atoms with Crippen LogP contribution in [0.3, 0.4) is 0 Å². The maximum Gasteiger partial charge on any atom is 0.313 e. The minimum absolute atomic E-state index is 0.107. The molecule has 0 radical (unpaired) electrons. The van der Waals surface area contributed by atoms with Crippen LogP contribution in [0.2, 0.25) is 5.15 Å². The fourth-order valence-electron chi connectivity index (χ4n) is 1.50. The zero-order valence-electron chi connectivity index (χ0n) is 10.6. The molecule has 1 heterocycles. The van der Waals surface area contributed by atoms with E-state index in [0.29, 0.717) is 11.0 Å². The Kier molecular flexibility index (Phi) is 4.81. The highest BCUT2D eigenvalue weighted by molar-refractivity contribution is 7.99. The molecule has 0 unspecified atom stereocenters. The predicted octanol–water partition coefficient (Wildman–Crippen LogP) is 3.36. The van der Waals surface area contributed by atoms with Gasteiger partial charge in [-0.05, 0) is 18.6 Å². The summed E-state index contributed by atoms with van der Waals surface area (Å²) in [6.07, 6.45) is 0. The third-order valence-electron chi connectivity index (χ3n) is 2.41. The van der Waals surface area contributed by atoms with Gasteiger partial charge in [-0.25, -0.2) is 9.97 Å². The Bertz CT molecular complexity index is 637. The van der Waals surface area contributed by atoms with Crippen molar-refractivity contribution < 1.29 is 9.90 Å². The van der Waals surface area contributed by atoms with Gasteiger partial charge in [-0.2, -0.15) is 0 Å². The second-order valence-corrected chi connectivity index (χ2v) is 5.31. The third-order valence-corrected chi connectivity index (χ3v) is 3.43. The molecule has 2 N–H and O–H groups in total. The van der Waals surface area contributed by atoms with Crippen molar-refractivity contribution in [2.45, 2.75) is 12.1 Å². The molecule has 104 valence electrons. The van der Waals surface area contributed by atoms with Crippen LogP contribution < -0.4 is 5.32 Å². The number of thioether (sulfide) groups is 1. The van der Waals surface area contributed by atoms with Gasteiger partial charge in [0.2, 0.25) is 0 Å². The van der Waals surface area contributed by atoms with Crippen LogP contribution in [0, 0.1) is 6.92 Å². The number of rotatable bonds is 5. The van der Waals surface area contributed by atoms with Crippen LogP contribution in [-0.2, 0) is 4.79 Å². The molecule has 2 aromatic rings. The van der Waals surface area contributed by atoms with Crippen LogP contribution in [0.25, 0.3) is 0 Å². The van der Waals surface area contributed by atoms with Crippen molar-refractivity contribution >= 4 is 40.8 Å². The van der Waals surface area contributed by atoms with E-state index in [9.17, 15) is 4.79 Å². The number of nitrogens with zero attached hydrogens (tertiary/aromatic N) is 2. The van der Waals surface area contributed by atoms with Gasteiger partial charge in [0.25, 0.3) is 0 Å². The largest absolute Gasteiger partial charge is 0.481 e. The number of nitrogens with one attached hydrogen (secondary N) is 1. The van der Waals surface area contributed by atoms with Crippen LogP contribution in [0.5, 0.6) is 0 Å². The van der Waals surface area contributed by atoms with Crippen LogP contribution in [0.15, 0.2) is 35.5 Å². The zero-order chi connectivity index (χ0) is 14.5. The Labute approximate surface area is 125 Å². The highest BCUT2D eigenvalue weighted by Crippen LogP contribution is 2.23. The molecular formula is C13H12ClN3O2S. The Morgan fingerprint density at radius 3 is 2.85 bits per heavy atom. The molecular weight excluding hydrogens is 298 g/mol. The molecule has 0 aliphatic heterocycles. The Hall–Kier alpha value is -1.79. The molecule has 0 fully saturated rings. The lowest BCUT2D eigenvalue weighted by Gasteiger charge is -2.09. The first-order valence-corrected chi connectivity index (χ1v) is 7.13. The summed E-state index contributed by atoms with van der Waals surface area (Å²) in [5.74, 6) is -0.497. The molecule has 0 amide bonds. The zero-order valence-corrected chi connectivity index (χ0v) is 12.2. The number of hydrogen-bond acceptors (Lipinski definition) is 5. The highest BCUT2D eigenvalue weighted by Gasteiger charge is 2.07. The van der Waals surface area contributed by atoms with Crippen molar-refractivity contribution in [3.05, 3.63) is 41.0 Å². The van der Waals surface area contributed by atoms with E-state index in [4.69, 9.17) is 16.7 Å². The standard InChI is InChI=1S/C13H12ClN3O2S/c1-8-4-2-3-5-9(8)15-11-6-10(14)16-13(17-11)20-7-12(18)19/h2-6H,7H2,1H3,(H,18,19)(H,15,16,17). The van der Waals surface area contributed by atoms with E-state index >= 15 is 0 Å². The van der Waals surface area contributed by atoms with Crippen LogP contribution >= 0.6 is 23.4 Å². The van der Waals surface area contributed by atoms with Crippen LogP contribution in [-0.4, -0.2) is 26.8 Å². The van der Waals surface area contributed by atoms with Gasteiger partial charge in [0.15, 0.2) is 5.16 Å². The topological polar surface area (TPSA) is 75.1 Å². The number of anilines is 2. The number of hydrogen-bond donors (Lipinski definition) is 2. The van der Waals surface area contributed by atoms with Crippen LogP contribution in [0.4, 0.5) is 11.5 Å². The number of aliphatic carboxylic acids is 1. The van der Waals surface area contributed by atoms with E-state index in [1.165, 1.54) is 0 Å².